The lowest BCUT2D eigenvalue weighted by Gasteiger charge is -2.05. The van der Waals surface area contributed by atoms with Gasteiger partial charge in [0.25, 0.3) is 0 Å². The summed E-state index contributed by atoms with van der Waals surface area (Å²) in [5, 5.41) is 6.23. The number of aromatic nitrogens is 1. The summed E-state index contributed by atoms with van der Waals surface area (Å²) >= 11 is 13.8. The van der Waals surface area contributed by atoms with Crippen LogP contribution in [0.4, 0.5) is 5.69 Å². The Bertz CT molecular complexity index is 951. The number of benzene rings is 2. The Labute approximate surface area is 163 Å². The lowest BCUT2D eigenvalue weighted by Crippen LogP contribution is -2.15. The summed E-state index contributed by atoms with van der Waals surface area (Å²) in [7, 11) is 0. The van der Waals surface area contributed by atoms with E-state index in [4.69, 9.17) is 28.9 Å². The van der Waals surface area contributed by atoms with Crippen LogP contribution in [-0.2, 0) is 11.2 Å². The van der Waals surface area contributed by atoms with Gasteiger partial charge in [-0.3, -0.25) is 9.59 Å². The van der Waals surface area contributed by atoms with E-state index >= 15 is 0 Å². The zero-order valence-corrected chi connectivity index (χ0v) is 15.7. The van der Waals surface area contributed by atoms with Gasteiger partial charge in [0.15, 0.2) is 0 Å². The highest BCUT2D eigenvalue weighted by atomic mass is 35.5. The molecule has 0 spiro atoms. The summed E-state index contributed by atoms with van der Waals surface area (Å²) in [5.41, 5.74) is 7.42. The summed E-state index contributed by atoms with van der Waals surface area (Å²) in [5.74, 6) is -0.741. The van der Waals surface area contributed by atoms with Gasteiger partial charge in [-0.25, -0.2) is 4.98 Å². The number of halogens is 2. The lowest BCUT2D eigenvalue weighted by molar-refractivity contribution is -0.115. The molecule has 5 nitrogen and oxygen atoms in total. The third-order valence-corrected chi connectivity index (χ3v) is 5.06. The molecule has 0 aliphatic rings. The molecule has 132 valence electrons. The molecule has 26 heavy (non-hydrogen) atoms. The summed E-state index contributed by atoms with van der Waals surface area (Å²) in [6, 6.07) is 11.6. The average molecular weight is 406 g/mol. The van der Waals surface area contributed by atoms with Crippen LogP contribution in [0, 0.1) is 0 Å². The van der Waals surface area contributed by atoms with Gasteiger partial charge in [-0.2, -0.15) is 0 Å². The summed E-state index contributed by atoms with van der Waals surface area (Å²) in [6.45, 7) is 0. The number of nitrogens with two attached hydrogens (primary N) is 1. The van der Waals surface area contributed by atoms with Crippen molar-refractivity contribution in [3.05, 3.63) is 69.1 Å². The van der Waals surface area contributed by atoms with Gasteiger partial charge < -0.3 is 11.1 Å². The predicted octanol–water partition coefficient (Wildman–Crippen LogP) is 4.40. The number of rotatable bonds is 5. The number of thiazole rings is 1. The number of anilines is 1. The zero-order chi connectivity index (χ0) is 18.7. The normalized spacial score (nSPS) is 10.5. The molecule has 0 saturated heterocycles. The van der Waals surface area contributed by atoms with Crippen molar-refractivity contribution in [3.63, 3.8) is 0 Å². The van der Waals surface area contributed by atoms with Crippen molar-refractivity contribution in [1.29, 1.82) is 0 Å². The number of primary amides is 1. The molecule has 0 bridgehead atoms. The van der Waals surface area contributed by atoms with Crippen LogP contribution in [0.5, 0.6) is 0 Å². The van der Waals surface area contributed by atoms with Gasteiger partial charge >= 0.3 is 0 Å². The van der Waals surface area contributed by atoms with Crippen LogP contribution in [0.3, 0.4) is 0 Å². The Morgan fingerprint density at radius 1 is 1.08 bits per heavy atom. The highest BCUT2D eigenvalue weighted by Gasteiger charge is 2.14. The third kappa shape index (κ3) is 4.22. The summed E-state index contributed by atoms with van der Waals surface area (Å²) in [4.78, 5) is 27.7. The number of carbonyl (C=O) groups is 2. The Balaban J connectivity index is 1.69. The van der Waals surface area contributed by atoms with E-state index in [1.165, 1.54) is 11.3 Å². The topological polar surface area (TPSA) is 85.1 Å². The van der Waals surface area contributed by atoms with Crippen LogP contribution in [-0.4, -0.2) is 16.8 Å². The second-order valence-electron chi connectivity index (χ2n) is 5.41. The van der Waals surface area contributed by atoms with Crippen molar-refractivity contribution < 1.29 is 9.59 Å². The third-order valence-electron chi connectivity index (χ3n) is 3.52. The molecule has 3 N–H and O–H groups in total. The predicted molar refractivity (Wildman–Crippen MR) is 105 cm³/mol. The van der Waals surface area contributed by atoms with Crippen LogP contribution in [0.1, 0.15) is 16.1 Å². The zero-order valence-electron chi connectivity index (χ0n) is 13.3. The molecule has 0 aliphatic heterocycles. The molecular formula is C18H13Cl2N3O2S. The number of amides is 2. The monoisotopic (exact) mass is 405 g/mol. The van der Waals surface area contributed by atoms with Crippen molar-refractivity contribution in [2.45, 2.75) is 6.42 Å². The SMILES string of the molecule is NC(=O)c1ccc(NC(=O)Cc2csc(-c3c(Cl)cccc3Cl)n2)cc1. The van der Waals surface area contributed by atoms with E-state index in [0.717, 1.165) is 0 Å². The molecule has 0 fully saturated rings. The number of hydrogen-bond donors (Lipinski definition) is 2. The van der Waals surface area contributed by atoms with E-state index in [0.29, 0.717) is 37.6 Å². The first kappa shape index (κ1) is 18.4. The Hall–Kier alpha value is -2.41. The minimum atomic E-state index is -0.517. The van der Waals surface area contributed by atoms with Gasteiger partial charge in [-0.05, 0) is 36.4 Å². The highest BCUT2D eigenvalue weighted by Crippen LogP contribution is 2.36. The van der Waals surface area contributed by atoms with Gasteiger partial charge in [0, 0.05) is 22.2 Å². The van der Waals surface area contributed by atoms with E-state index in [1.54, 1.807) is 47.8 Å². The fourth-order valence-corrected chi connectivity index (χ4v) is 3.87. The quantitative estimate of drug-likeness (QED) is 0.659. The van der Waals surface area contributed by atoms with E-state index in [2.05, 4.69) is 10.3 Å². The molecule has 0 saturated carbocycles. The van der Waals surface area contributed by atoms with Crippen LogP contribution in [0.2, 0.25) is 10.0 Å². The van der Waals surface area contributed by atoms with Gasteiger partial charge in [-0.15, -0.1) is 11.3 Å². The van der Waals surface area contributed by atoms with Gasteiger partial charge in [0.1, 0.15) is 5.01 Å². The van der Waals surface area contributed by atoms with Gasteiger partial charge in [0.05, 0.1) is 22.2 Å². The Morgan fingerprint density at radius 3 is 2.35 bits per heavy atom. The van der Waals surface area contributed by atoms with Crippen molar-refractivity contribution in [2.24, 2.45) is 5.73 Å². The fourth-order valence-electron chi connectivity index (χ4n) is 2.29. The number of carbonyl (C=O) groups excluding carboxylic acids is 2. The highest BCUT2D eigenvalue weighted by molar-refractivity contribution is 7.13. The van der Waals surface area contributed by atoms with E-state index in [-0.39, 0.29) is 12.3 Å². The number of nitrogens with zero attached hydrogens (tertiary/aromatic N) is 1. The van der Waals surface area contributed by atoms with Crippen molar-refractivity contribution in [3.8, 4) is 10.6 Å². The van der Waals surface area contributed by atoms with Crippen LogP contribution in [0.15, 0.2) is 47.8 Å². The molecular weight excluding hydrogens is 393 g/mol. The molecule has 0 aliphatic carbocycles. The standard InChI is InChI=1S/C18H13Cl2N3O2S/c19-13-2-1-3-14(20)16(13)18-23-12(9-26-18)8-15(24)22-11-6-4-10(5-7-11)17(21)25/h1-7,9H,8H2,(H2,21,25)(H,22,24). The maximum absolute atomic E-state index is 12.2. The minimum absolute atomic E-state index is 0.107. The maximum atomic E-state index is 12.2. The van der Waals surface area contributed by atoms with E-state index in [1.807, 2.05) is 0 Å². The summed E-state index contributed by atoms with van der Waals surface area (Å²) < 4.78 is 0. The van der Waals surface area contributed by atoms with Crippen molar-refractivity contribution in [2.75, 3.05) is 5.32 Å². The molecule has 2 amide bonds. The maximum Gasteiger partial charge on any atom is 0.248 e. The smallest absolute Gasteiger partial charge is 0.248 e. The average Bonchev–Trinajstić information content (AvgIpc) is 3.03. The molecule has 0 radical (unpaired) electrons. The van der Waals surface area contributed by atoms with Gasteiger partial charge in [-0.1, -0.05) is 29.3 Å². The Morgan fingerprint density at radius 2 is 1.73 bits per heavy atom. The molecule has 1 heterocycles. The first-order valence-corrected chi connectivity index (χ1v) is 9.16. The van der Waals surface area contributed by atoms with E-state index < -0.39 is 5.91 Å². The first-order chi connectivity index (χ1) is 12.4. The molecule has 0 atom stereocenters. The molecule has 8 heteroatoms. The second-order valence-corrected chi connectivity index (χ2v) is 7.08. The van der Waals surface area contributed by atoms with E-state index in [9.17, 15) is 9.59 Å². The number of nitrogens with one attached hydrogen (secondary N) is 1. The number of hydrogen-bond acceptors (Lipinski definition) is 4. The van der Waals surface area contributed by atoms with Gasteiger partial charge in [0.2, 0.25) is 11.8 Å². The minimum Gasteiger partial charge on any atom is -0.366 e. The second kappa shape index (κ2) is 7.86. The Kier molecular flexibility index (Phi) is 5.56. The molecule has 3 aromatic rings. The molecule has 0 unspecified atom stereocenters. The molecule has 2 aromatic carbocycles. The lowest BCUT2D eigenvalue weighted by atomic mass is 10.2. The van der Waals surface area contributed by atoms with Crippen LogP contribution in [0.25, 0.3) is 10.6 Å². The summed E-state index contributed by atoms with van der Waals surface area (Å²) in [6.07, 6.45) is 0.107. The fraction of sp³-hybridized carbons (Fsp3) is 0.0556. The van der Waals surface area contributed by atoms with Crippen LogP contribution < -0.4 is 11.1 Å². The first-order valence-electron chi connectivity index (χ1n) is 7.52. The van der Waals surface area contributed by atoms with Crippen molar-refractivity contribution >= 4 is 52.0 Å². The molecule has 1 aromatic heterocycles. The van der Waals surface area contributed by atoms with Crippen LogP contribution >= 0.6 is 34.5 Å². The largest absolute Gasteiger partial charge is 0.366 e. The van der Waals surface area contributed by atoms with Crippen molar-refractivity contribution in [1.82, 2.24) is 4.98 Å². The molecule has 3 rings (SSSR count).